The van der Waals surface area contributed by atoms with Gasteiger partial charge >= 0.3 is 5.69 Å². The van der Waals surface area contributed by atoms with Crippen LogP contribution in [0, 0.1) is 10.1 Å². The maximum atomic E-state index is 10.8. The van der Waals surface area contributed by atoms with Gasteiger partial charge < -0.3 is 10.6 Å². The highest BCUT2D eigenvalue weighted by atomic mass is 16.6. The number of hydrogen-bond donors (Lipinski definition) is 2. The third-order valence-corrected chi connectivity index (χ3v) is 2.70. The lowest BCUT2D eigenvalue weighted by Crippen LogP contribution is -2.35. The summed E-state index contributed by atoms with van der Waals surface area (Å²) in [4.78, 5) is 14.1. The second-order valence-corrected chi connectivity index (χ2v) is 3.82. The highest BCUT2D eigenvalue weighted by Crippen LogP contribution is 2.24. The molecule has 0 spiro atoms. The highest BCUT2D eigenvalue weighted by Gasteiger charge is 2.18. The lowest BCUT2D eigenvalue weighted by Gasteiger charge is -2.24. The van der Waals surface area contributed by atoms with E-state index in [-0.39, 0.29) is 5.69 Å². The molecule has 6 heteroatoms. The first-order valence-electron chi connectivity index (χ1n) is 5.33. The van der Waals surface area contributed by atoms with Gasteiger partial charge in [0.25, 0.3) is 0 Å². The molecule has 2 rings (SSSR count). The van der Waals surface area contributed by atoms with Crippen molar-refractivity contribution in [1.82, 2.24) is 10.3 Å². The number of anilines is 1. The average molecular weight is 222 g/mol. The van der Waals surface area contributed by atoms with Crippen molar-refractivity contribution in [2.75, 3.05) is 18.4 Å². The van der Waals surface area contributed by atoms with Gasteiger partial charge in [0.15, 0.2) is 0 Å². The van der Waals surface area contributed by atoms with Crippen molar-refractivity contribution in [1.29, 1.82) is 0 Å². The monoisotopic (exact) mass is 222 g/mol. The van der Waals surface area contributed by atoms with Crippen LogP contribution in [0.3, 0.4) is 0 Å². The van der Waals surface area contributed by atoms with E-state index in [2.05, 4.69) is 15.6 Å². The molecule has 1 saturated heterocycles. The first kappa shape index (κ1) is 10.8. The van der Waals surface area contributed by atoms with Gasteiger partial charge in [-0.2, -0.15) is 0 Å². The van der Waals surface area contributed by atoms with Crippen LogP contribution in [0.5, 0.6) is 0 Å². The molecule has 1 fully saturated rings. The molecule has 0 aromatic carbocycles. The van der Waals surface area contributed by atoms with Crippen LogP contribution in [0.25, 0.3) is 0 Å². The van der Waals surface area contributed by atoms with Crippen molar-refractivity contribution in [3.8, 4) is 0 Å². The van der Waals surface area contributed by atoms with Crippen LogP contribution < -0.4 is 10.6 Å². The number of hydrogen-bond acceptors (Lipinski definition) is 5. The second-order valence-electron chi connectivity index (χ2n) is 3.82. The summed E-state index contributed by atoms with van der Waals surface area (Å²) in [6.45, 7) is 1.91. The van der Waals surface area contributed by atoms with Gasteiger partial charge in [-0.15, -0.1) is 0 Å². The van der Waals surface area contributed by atoms with E-state index in [0.29, 0.717) is 11.7 Å². The molecule has 0 radical (unpaired) electrons. The lowest BCUT2D eigenvalue weighted by molar-refractivity contribution is -0.384. The molecule has 86 valence electrons. The Morgan fingerprint density at radius 1 is 1.50 bits per heavy atom. The quantitative estimate of drug-likeness (QED) is 0.592. The van der Waals surface area contributed by atoms with Crippen molar-refractivity contribution >= 4 is 11.4 Å². The summed E-state index contributed by atoms with van der Waals surface area (Å²) < 4.78 is 0. The Kier molecular flexibility index (Phi) is 3.31. The molecule has 0 unspecified atom stereocenters. The van der Waals surface area contributed by atoms with E-state index < -0.39 is 4.92 Å². The fraction of sp³-hybridized carbons (Fsp3) is 0.500. The predicted molar refractivity (Wildman–Crippen MR) is 60.4 cm³/mol. The van der Waals surface area contributed by atoms with Crippen LogP contribution in [0.1, 0.15) is 12.8 Å². The van der Waals surface area contributed by atoms with Gasteiger partial charge in [0, 0.05) is 12.2 Å². The lowest BCUT2D eigenvalue weighted by atomic mass is 10.1. The van der Waals surface area contributed by atoms with Gasteiger partial charge in [-0.05, 0) is 32.0 Å². The Morgan fingerprint density at radius 2 is 2.25 bits per heavy atom. The number of piperidine rings is 1. The Hall–Kier alpha value is -1.69. The second kappa shape index (κ2) is 4.89. The molecule has 1 aliphatic rings. The average Bonchev–Trinajstić information content (AvgIpc) is 2.31. The molecule has 2 heterocycles. The predicted octanol–water partition coefficient (Wildman–Crippen LogP) is 1.15. The molecule has 6 nitrogen and oxygen atoms in total. The van der Waals surface area contributed by atoms with Crippen LogP contribution in [0.15, 0.2) is 18.5 Å². The van der Waals surface area contributed by atoms with E-state index in [4.69, 9.17) is 0 Å². The van der Waals surface area contributed by atoms with E-state index in [1.165, 1.54) is 6.20 Å². The summed E-state index contributed by atoms with van der Waals surface area (Å²) >= 11 is 0. The Morgan fingerprint density at radius 3 is 2.94 bits per heavy atom. The normalized spacial score (nSPS) is 17.0. The van der Waals surface area contributed by atoms with E-state index in [1.807, 2.05) is 0 Å². The maximum absolute atomic E-state index is 10.8. The first-order valence-corrected chi connectivity index (χ1v) is 5.33. The van der Waals surface area contributed by atoms with Gasteiger partial charge in [-0.3, -0.25) is 15.1 Å². The number of rotatable bonds is 3. The zero-order chi connectivity index (χ0) is 11.4. The van der Waals surface area contributed by atoms with Gasteiger partial charge in [0.05, 0.1) is 4.92 Å². The molecule has 1 aliphatic heterocycles. The van der Waals surface area contributed by atoms with E-state index >= 15 is 0 Å². The molecule has 2 N–H and O–H groups in total. The van der Waals surface area contributed by atoms with Crippen LogP contribution >= 0.6 is 0 Å². The summed E-state index contributed by atoms with van der Waals surface area (Å²) in [5, 5.41) is 17.2. The molecule has 0 amide bonds. The minimum absolute atomic E-state index is 0.0426. The molecule has 0 atom stereocenters. The molecule has 16 heavy (non-hydrogen) atoms. The smallest absolute Gasteiger partial charge is 0.310 e. The van der Waals surface area contributed by atoms with Crippen molar-refractivity contribution in [3.63, 3.8) is 0 Å². The van der Waals surface area contributed by atoms with Gasteiger partial charge in [0.2, 0.25) is 0 Å². The summed E-state index contributed by atoms with van der Waals surface area (Å²) in [5.74, 6) is 0. The van der Waals surface area contributed by atoms with Gasteiger partial charge in [-0.1, -0.05) is 0 Å². The summed E-state index contributed by atoms with van der Waals surface area (Å²) in [6.07, 6.45) is 4.82. The summed E-state index contributed by atoms with van der Waals surface area (Å²) in [6, 6.07) is 1.96. The van der Waals surface area contributed by atoms with Crippen LogP contribution in [-0.2, 0) is 0 Å². The van der Waals surface area contributed by atoms with Crippen LogP contribution in [-0.4, -0.2) is 29.0 Å². The molecule has 0 bridgehead atoms. The van der Waals surface area contributed by atoms with Gasteiger partial charge in [-0.25, -0.2) is 0 Å². The zero-order valence-corrected chi connectivity index (χ0v) is 8.85. The Bertz CT molecular complexity index is 377. The number of nitro groups is 1. The highest BCUT2D eigenvalue weighted by molar-refractivity contribution is 5.60. The van der Waals surface area contributed by atoms with Crippen LogP contribution in [0.2, 0.25) is 0 Å². The fourth-order valence-electron chi connectivity index (χ4n) is 1.84. The molecular formula is C10H14N4O2. The van der Waals surface area contributed by atoms with E-state index in [1.54, 1.807) is 12.3 Å². The molecular weight excluding hydrogens is 208 g/mol. The zero-order valence-electron chi connectivity index (χ0n) is 8.85. The van der Waals surface area contributed by atoms with E-state index in [9.17, 15) is 10.1 Å². The third-order valence-electron chi connectivity index (χ3n) is 2.70. The minimum atomic E-state index is -0.406. The summed E-state index contributed by atoms with van der Waals surface area (Å²) in [5.41, 5.74) is 0.605. The minimum Gasteiger partial charge on any atom is -0.377 e. The number of nitrogens with one attached hydrogen (secondary N) is 2. The van der Waals surface area contributed by atoms with Gasteiger partial charge in [0.1, 0.15) is 11.9 Å². The number of nitrogens with zero attached hydrogens (tertiary/aromatic N) is 2. The standard InChI is InChI=1S/C10H14N4O2/c15-14(16)10-7-12-6-3-9(10)13-8-1-4-11-5-2-8/h3,6-8,11H,1-2,4-5H2,(H,12,13). The maximum Gasteiger partial charge on any atom is 0.310 e. The molecule has 1 aromatic rings. The van der Waals surface area contributed by atoms with E-state index in [0.717, 1.165) is 25.9 Å². The fourth-order valence-corrected chi connectivity index (χ4v) is 1.84. The number of aromatic nitrogens is 1. The molecule has 0 saturated carbocycles. The third kappa shape index (κ3) is 2.46. The largest absolute Gasteiger partial charge is 0.377 e. The van der Waals surface area contributed by atoms with Crippen molar-refractivity contribution in [3.05, 3.63) is 28.6 Å². The van der Waals surface area contributed by atoms with Crippen molar-refractivity contribution in [2.24, 2.45) is 0 Å². The SMILES string of the molecule is O=[N+]([O-])c1cnccc1NC1CCNCC1. The molecule has 1 aromatic heterocycles. The Balaban J connectivity index is 2.10. The summed E-state index contributed by atoms with van der Waals surface area (Å²) in [7, 11) is 0. The molecule has 0 aliphatic carbocycles. The number of pyridine rings is 1. The first-order chi connectivity index (χ1) is 7.77. The van der Waals surface area contributed by atoms with Crippen molar-refractivity contribution < 1.29 is 4.92 Å². The van der Waals surface area contributed by atoms with Crippen molar-refractivity contribution in [2.45, 2.75) is 18.9 Å². The topological polar surface area (TPSA) is 80.1 Å². The Labute approximate surface area is 93.2 Å². The van der Waals surface area contributed by atoms with Crippen LogP contribution in [0.4, 0.5) is 11.4 Å².